The predicted octanol–water partition coefficient (Wildman–Crippen LogP) is 3.45. The van der Waals surface area contributed by atoms with Gasteiger partial charge in [-0.2, -0.15) is 5.26 Å². The number of nitriles is 1. The SMILES string of the molecule is C=C(SC(=NC)c1cnccc1CNC)c1ccc(C#N)cc1. The minimum absolute atomic E-state index is 0.638. The quantitative estimate of drug-likeness (QED) is 0.676. The zero-order valence-electron chi connectivity index (χ0n) is 13.2. The summed E-state index contributed by atoms with van der Waals surface area (Å²) in [5, 5.41) is 12.9. The van der Waals surface area contributed by atoms with Crippen molar-refractivity contribution in [1.82, 2.24) is 10.3 Å². The summed E-state index contributed by atoms with van der Waals surface area (Å²) in [6, 6.07) is 11.5. The summed E-state index contributed by atoms with van der Waals surface area (Å²) in [4.78, 5) is 9.49. The molecule has 1 aromatic heterocycles. The van der Waals surface area contributed by atoms with Crippen molar-refractivity contribution in [3.8, 4) is 6.07 Å². The lowest BCUT2D eigenvalue weighted by Gasteiger charge is -2.12. The van der Waals surface area contributed by atoms with Crippen LogP contribution in [0.2, 0.25) is 0 Å². The molecule has 0 aliphatic rings. The van der Waals surface area contributed by atoms with Crippen molar-refractivity contribution in [3.63, 3.8) is 0 Å². The highest BCUT2D eigenvalue weighted by Gasteiger charge is 2.12. The molecular weight excluding hydrogens is 304 g/mol. The lowest BCUT2D eigenvalue weighted by molar-refractivity contribution is 0.814. The normalized spacial score (nSPS) is 11.1. The van der Waals surface area contributed by atoms with E-state index in [1.54, 1.807) is 25.4 Å². The largest absolute Gasteiger partial charge is 0.316 e. The number of hydrogen-bond acceptors (Lipinski definition) is 5. The van der Waals surface area contributed by atoms with Gasteiger partial charge in [-0.1, -0.05) is 30.5 Å². The minimum Gasteiger partial charge on any atom is -0.316 e. The van der Waals surface area contributed by atoms with Crippen LogP contribution in [0.4, 0.5) is 0 Å². The van der Waals surface area contributed by atoms with Crippen molar-refractivity contribution in [1.29, 1.82) is 5.26 Å². The average Bonchev–Trinajstić information content (AvgIpc) is 2.60. The lowest BCUT2D eigenvalue weighted by Crippen LogP contribution is -2.10. The number of rotatable bonds is 5. The van der Waals surface area contributed by atoms with Gasteiger partial charge >= 0.3 is 0 Å². The summed E-state index contributed by atoms with van der Waals surface area (Å²) in [5.74, 6) is 0. The Kier molecular flexibility index (Phi) is 6.10. The van der Waals surface area contributed by atoms with Gasteiger partial charge in [0.25, 0.3) is 0 Å². The second-order valence-corrected chi connectivity index (χ2v) is 5.89. The maximum atomic E-state index is 8.87. The first-order chi connectivity index (χ1) is 11.2. The Morgan fingerprint density at radius 2 is 2.09 bits per heavy atom. The molecule has 1 aromatic carbocycles. The van der Waals surface area contributed by atoms with Crippen molar-refractivity contribution in [2.75, 3.05) is 14.1 Å². The number of hydrogen-bond donors (Lipinski definition) is 1. The van der Waals surface area contributed by atoms with Gasteiger partial charge < -0.3 is 5.32 Å². The molecule has 0 saturated heterocycles. The minimum atomic E-state index is 0.638. The molecule has 0 radical (unpaired) electrons. The van der Waals surface area contributed by atoms with Crippen molar-refractivity contribution in [3.05, 3.63) is 71.6 Å². The maximum absolute atomic E-state index is 8.87. The van der Waals surface area contributed by atoms with Crippen LogP contribution in [0.15, 0.2) is 54.3 Å². The highest BCUT2D eigenvalue weighted by Crippen LogP contribution is 2.30. The Bertz CT molecular complexity index is 757. The monoisotopic (exact) mass is 322 g/mol. The maximum Gasteiger partial charge on any atom is 0.104 e. The second-order valence-electron chi connectivity index (χ2n) is 4.81. The Morgan fingerprint density at radius 3 is 2.70 bits per heavy atom. The van der Waals surface area contributed by atoms with E-state index in [4.69, 9.17) is 5.26 Å². The van der Waals surface area contributed by atoms with E-state index >= 15 is 0 Å². The number of aliphatic imine (C=N–C) groups is 1. The summed E-state index contributed by atoms with van der Waals surface area (Å²) in [7, 11) is 3.68. The molecule has 0 aliphatic heterocycles. The highest BCUT2D eigenvalue weighted by atomic mass is 32.2. The molecule has 4 nitrogen and oxygen atoms in total. The first-order valence-corrected chi connectivity index (χ1v) is 7.93. The molecule has 0 saturated carbocycles. The van der Waals surface area contributed by atoms with Crippen molar-refractivity contribution < 1.29 is 0 Å². The topological polar surface area (TPSA) is 61.1 Å². The van der Waals surface area contributed by atoms with E-state index in [9.17, 15) is 0 Å². The third-order valence-corrected chi connectivity index (χ3v) is 4.35. The molecule has 23 heavy (non-hydrogen) atoms. The van der Waals surface area contributed by atoms with E-state index in [-0.39, 0.29) is 0 Å². The van der Waals surface area contributed by atoms with E-state index in [1.165, 1.54) is 11.8 Å². The third kappa shape index (κ3) is 4.28. The Balaban J connectivity index is 2.22. The molecule has 116 valence electrons. The van der Waals surface area contributed by atoms with Crippen LogP contribution in [0.25, 0.3) is 4.91 Å². The van der Waals surface area contributed by atoms with E-state index in [0.29, 0.717) is 5.56 Å². The van der Waals surface area contributed by atoms with E-state index in [2.05, 4.69) is 27.9 Å². The number of aromatic nitrogens is 1. The standard InChI is InChI=1S/C18H18N4S/c1-13(15-6-4-14(10-19)5-7-15)23-18(21-3)17-12-22-9-8-16(17)11-20-2/h4-9,12,20H,1,11H2,2-3H3. The van der Waals surface area contributed by atoms with Gasteiger partial charge in [0.1, 0.15) is 5.04 Å². The molecule has 0 bridgehead atoms. The number of nitrogens with zero attached hydrogens (tertiary/aromatic N) is 3. The number of thioether (sulfide) groups is 1. The molecule has 2 rings (SSSR count). The van der Waals surface area contributed by atoms with E-state index in [1.807, 2.05) is 31.4 Å². The number of pyridine rings is 1. The molecule has 0 spiro atoms. The molecule has 0 amide bonds. The molecule has 0 atom stereocenters. The van der Waals surface area contributed by atoms with Crippen LogP contribution in [0.5, 0.6) is 0 Å². The summed E-state index contributed by atoms with van der Waals surface area (Å²) in [6.45, 7) is 4.88. The summed E-state index contributed by atoms with van der Waals surface area (Å²) in [5.41, 5.74) is 3.76. The predicted molar refractivity (Wildman–Crippen MR) is 97.2 cm³/mol. The molecule has 0 aliphatic carbocycles. The first kappa shape index (κ1) is 16.9. The van der Waals surface area contributed by atoms with Gasteiger partial charge in [-0.05, 0) is 36.4 Å². The van der Waals surface area contributed by atoms with Gasteiger partial charge in [0.05, 0.1) is 11.6 Å². The molecule has 1 heterocycles. The molecule has 5 heteroatoms. The Labute approximate surface area is 141 Å². The smallest absolute Gasteiger partial charge is 0.104 e. The molecule has 0 unspecified atom stereocenters. The molecular formula is C18H18N4S. The molecule has 1 N–H and O–H groups in total. The molecule has 2 aromatic rings. The fourth-order valence-corrected chi connectivity index (χ4v) is 2.96. The van der Waals surface area contributed by atoms with Crippen molar-refractivity contribution in [2.24, 2.45) is 4.99 Å². The van der Waals surface area contributed by atoms with Crippen LogP contribution in [-0.2, 0) is 6.54 Å². The third-order valence-electron chi connectivity index (χ3n) is 3.27. The van der Waals surface area contributed by atoms with Crippen molar-refractivity contribution in [2.45, 2.75) is 6.54 Å². The number of nitrogens with one attached hydrogen (secondary N) is 1. The summed E-state index contributed by atoms with van der Waals surface area (Å²) < 4.78 is 0. The van der Waals surface area contributed by atoms with Crippen LogP contribution in [0.1, 0.15) is 22.3 Å². The highest BCUT2D eigenvalue weighted by molar-refractivity contribution is 8.22. The van der Waals surface area contributed by atoms with Gasteiger partial charge in [-0.25, -0.2) is 0 Å². The van der Waals surface area contributed by atoms with Crippen LogP contribution < -0.4 is 5.32 Å². The van der Waals surface area contributed by atoms with E-state index in [0.717, 1.165) is 33.2 Å². The number of benzene rings is 1. The van der Waals surface area contributed by atoms with Gasteiger partial charge in [-0.15, -0.1) is 0 Å². The van der Waals surface area contributed by atoms with Gasteiger partial charge in [0.15, 0.2) is 0 Å². The van der Waals surface area contributed by atoms with Crippen LogP contribution in [0, 0.1) is 11.3 Å². The van der Waals surface area contributed by atoms with Crippen LogP contribution in [-0.4, -0.2) is 24.1 Å². The Hall–Kier alpha value is -2.42. The zero-order chi connectivity index (χ0) is 16.7. The summed E-state index contributed by atoms with van der Waals surface area (Å²) >= 11 is 1.51. The van der Waals surface area contributed by atoms with Crippen LogP contribution in [0.3, 0.4) is 0 Å². The van der Waals surface area contributed by atoms with Gasteiger partial charge in [0, 0.05) is 36.5 Å². The van der Waals surface area contributed by atoms with Gasteiger partial charge in [0.2, 0.25) is 0 Å². The van der Waals surface area contributed by atoms with Crippen LogP contribution >= 0.6 is 11.8 Å². The average molecular weight is 322 g/mol. The fraction of sp³-hybridized carbons (Fsp3) is 0.167. The lowest BCUT2D eigenvalue weighted by atomic mass is 10.1. The van der Waals surface area contributed by atoms with Crippen molar-refractivity contribution >= 4 is 21.7 Å². The Morgan fingerprint density at radius 1 is 1.35 bits per heavy atom. The molecule has 0 fully saturated rings. The summed E-state index contributed by atoms with van der Waals surface area (Å²) in [6.07, 6.45) is 3.61. The zero-order valence-corrected chi connectivity index (χ0v) is 14.0. The van der Waals surface area contributed by atoms with E-state index < -0.39 is 0 Å². The first-order valence-electron chi connectivity index (χ1n) is 7.11. The second kappa shape index (κ2) is 8.28. The van der Waals surface area contributed by atoms with Gasteiger partial charge in [-0.3, -0.25) is 9.98 Å². The fourth-order valence-electron chi connectivity index (χ4n) is 2.09.